The first kappa shape index (κ1) is 22.3. The molecule has 2 N–H and O–H groups in total. The number of hydrogen-bond donors (Lipinski definition) is 2. The summed E-state index contributed by atoms with van der Waals surface area (Å²) >= 11 is 0. The second kappa shape index (κ2) is 10.4. The molecule has 0 radical (unpaired) electrons. The molecule has 0 spiro atoms. The fraction of sp³-hybridized carbons (Fsp3) is 0.450. The zero-order valence-electron chi connectivity index (χ0n) is 16.6. The van der Waals surface area contributed by atoms with Crippen LogP contribution in [-0.4, -0.2) is 26.6 Å². The van der Waals surface area contributed by atoms with Gasteiger partial charge in [0.25, 0.3) is 0 Å². The van der Waals surface area contributed by atoms with Gasteiger partial charge >= 0.3 is 0 Å². The molecule has 1 aromatic carbocycles. The second-order valence-electron chi connectivity index (χ2n) is 6.51. The largest absolute Gasteiger partial charge is 0.464 e. The number of benzene rings is 1. The maximum Gasteiger partial charge on any atom is 0.192 e. The Labute approximate surface area is 174 Å². The van der Waals surface area contributed by atoms with E-state index in [2.05, 4.69) is 68.6 Å². The lowest BCUT2D eigenvalue weighted by atomic mass is 10.1. The Bertz CT molecular complexity index is 724. The minimum absolute atomic E-state index is 0. The molecule has 0 aliphatic carbocycles. The zero-order valence-corrected chi connectivity index (χ0v) is 18.9. The van der Waals surface area contributed by atoms with Gasteiger partial charge in [-0.2, -0.15) is 0 Å². The van der Waals surface area contributed by atoms with Gasteiger partial charge in [-0.1, -0.05) is 6.07 Å². The number of halogens is 1. The van der Waals surface area contributed by atoms with Crippen LogP contribution in [0.5, 0.6) is 0 Å². The normalized spacial score (nSPS) is 12.3. The van der Waals surface area contributed by atoms with Crippen LogP contribution in [-0.2, 0) is 6.54 Å². The Kier molecular flexibility index (Phi) is 8.98. The van der Waals surface area contributed by atoms with Crippen LogP contribution in [0.15, 0.2) is 39.7 Å². The molecule has 1 atom stereocenters. The number of furan rings is 1. The van der Waals surface area contributed by atoms with Crippen LogP contribution < -0.4 is 15.5 Å². The van der Waals surface area contributed by atoms with E-state index in [1.54, 1.807) is 0 Å². The van der Waals surface area contributed by atoms with Crippen LogP contribution in [0.25, 0.3) is 0 Å². The van der Waals surface area contributed by atoms with E-state index in [4.69, 9.17) is 9.41 Å². The first-order valence-electron chi connectivity index (χ1n) is 8.78. The topological polar surface area (TPSA) is 52.8 Å². The maximum absolute atomic E-state index is 5.69. The summed E-state index contributed by atoms with van der Waals surface area (Å²) in [4.78, 5) is 6.84. The van der Waals surface area contributed by atoms with Crippen molar-refractivity contribution in [3.63, 3.8) is 0 Å². The lowest BCUT2D eigenvalue weighted by Gasteiger charge is -2.17. The van der Waals surface area contributed by atoms with Crippen LogP contribution in [0.1, 0.15) is 42.5 Å². The van der Waals surface area contributed by atoms with Gasteiger partial charge in [-0.25, -0.2) is 4.99 Å². The minimum Gasteiger partial charge on any atom is -0.464 e. The van der Waals surface area contributed by atoms with Gasteiger partial charge in [-0.15, -0.1) is 24.0 Å². The van der Waals surface area contributed by atoms with Crippen LogP contribution in [0, 0.1) is 13.8 Å². The van der Waals surface area contributed by atoms with Gasteiger partial charge < -0.3 is 20.0 Å². The number of guanidine groups is 1. The van der Waals surface area contributed by atoms with Crippen molar-refractivity contribution in [2.45, 2.75) is 40.3 Å². The van der Waals surface area contributed by atoms with Crippen molar-refractivity contribution in [2.24, 2.45) is 4.99 Å². The molecule has 1 unspecified atom stereocenters. The van der Waals surface area contributed by atoms with E-state index < -0.39 is 0 Å². The summed E-state index contributed by atoms with van der Waals surface area (Å²) in [5, 5.41) is 6.70. The van der Waals surface area contributed by atoms with Crippen molar-refractivity contribution in [1.82, 2.24) is 10.6 Å². The van der Waals surface area contributed by atoms with E-state index in [0.29, 0.717) is 6.54 Å². The van der Waals surface area contributed by atoms with Gasteiger partial charge in [0.15, 0.2) is 5.96 Å². The highest BCUT2D eigenvalue weighted by molar-refractivity contribution is 14.0. The summed E-state index contributed by atoms with van der Waals surface area (Å²) in [6, 6.07) is 10.5. The van der Waals surface area contributed by atoms with E-state index in [1.807, 2.05) is 19.1 Å². The van der Waals surface area contributed by atoms with Crippen molar-refractivity contribution < 1.29 is 4.42 Å². The summed E-state index contributed by atoms with van der Waals surface area (Å²) < 4.78 is 5.69. The van der Waals surface area contributed by atoms with E-state index in [0.717, 1.165) is 24.0 Å². The quantitative estimate of drug-likeness (QED) is 0.374. The first-order chi connectivity index (χ1) is 11.9. The minimum atomic E-state index is 0. The predicted octanol–water partition coefficient (Wildman–Crippen LogP) is 4.40. The van der Waals surface area contributed by atoms with Crippen LogP contribution in [0.2, 0.25) is 0 Å². The zero-order chi connectivity index (χ0) is 18.4. The third-order valence-electron chi connectivity index (χ3n) is 4.14. The molecule has 0 aliphatic heterocycles. The number of aryl methyl sites for hydroxylation is 2. The molecule has 0 bridgehead atoms. The Balaban J connectivity index is 0.00000338. The van der Waals surface area contributed by atoms with Gasteiger partial charge in [0, 0.05) is 26.3 Å². The van der Waals surface area contributed by atoms with Gasteiger partial charge in [0.2, 0.25) is 0 Å². The molecular formula is C20H31IN4O. The molecule has 0 saturated heterocycles. The molecule has 6 heteroatoms. The number of nitrogens with one attached hydrogen (secondary N) is 2. The Morgan fingerprint density at radius 2 is 1.92 bits per heavy atom. The smallest absolute Gasteiger partial charge is 0.192 e. The van der Waals surface area contributed by atoms with Crippen LogP contribution in [0.3, 0.4) is 0 Å². The van der Waals surface area contributed by atoms with Gasteiger partial charge in [-0.3, -0.25) is 0 Å². The van der Waals surface area contributed by atoms with Crippen molar-refractivity contribution in [2.75, 3.05) is 25.5 Å². The average Bonchev–Trinajstić information content (AvgIpc) is 3.00. The molecule has 144 valence electrons. The standard InChI is InChI=1S/C20H30N4O.HI/c1-7-21-20(23-16(4)19-11-8-15(3)25-19)22-13-17-9-10-18(24(5)6)12-14(17)2;/h8-12,16H,7,13H2,1-6H3,(H2,21,22,23);1H. The SMILES string of the molecule is CCNC(=NCc1ccc(N(C)C)cc1C)NC(C)c1ccc(C)o1.I. The first-order valence-corrected chi connectivity index (χ1v) is 8.78. The summed E-state index contributed by atoms with van der Waals surface area (Å²) in [7, 11) is 4.11. The van der Waals surface area contributed by atoms with Crippen LogP contribution in [0.4, 0.5) is 5.69 Å². The molecular weight excluding hydrogens is 439 g/mol. The third kappa shape index (κ3) is 6.23. The van der Waals surface area contributed by atoms with Crippen LogP contribution >= 0.6 is 24.0 Å². The van der Waals surface area contributed by atoms with E-state index in [-0.39, 0.29) is 30.0 Å². The lowest BCUT2D eigenvalue weighted by Crippen LogP contribution is -2.38. The molecule has 0 aliphatic rings. The van der Waals surface area contributed by atoms with Gasteiger partial charge in [-0.05, 0) is 63.1 Å². The summed E-state index contributed by atoms with van der Waals surface area (Å²) in [5.74, 6) is 2.62. The molecule has 5 nitrogen and oxygen atoms in total. The number of hydrogen-bond acceptors (Lipinski definition) is 3. The van der Waals surface area contributed by atoms with E-state index >= 15 is 0 Å². The summed E-state index contributed by atoms with van der Waals surface area (Å²) in [6.45, 7) is 9.67. The average molecular weight is 470 g/mol. The lowest BCUT2D eigenvalue weighted by molar-refractivity contribution is 0.441. The highest BCUT2D eigenvalue weighted by atomic mass is 127. The van der Waals surface area contributed by atoms with Crippen molar-refractivity contribution >= 4 is 35.6 Å². The molecule has 0 amide bonds. The number of rotatable bonds is 6. The van der Waals surface area contributed by atoms with Gasteiger partial charge in [0.05, 0.1) is 12.6 Å². The number of anilines is 1. The summed E-state index contributed by atoms with van der Waals surface area (Å²) in [6.07, 6.45) is 0. The molecule has 2 rings (SSSR count). The Hall–Kier alpha value is -1.70. The molecule has 1 heterocycles. The van der Waals surface area contributed by atoms with E-state index in [9.17, 15) is 0 Å². The van der Waals surface area contributed by atoms with Crippen molar-refractivity contribution in [1.29, 1.82) is 0 Å². The van der Waals surface area contributed by atoms with Gasteiger partial charge in [0.1, 0.15) is 11.5 Å². The summed E-state index contributed by atoms with van der Waals surface area (Å²) in [5.41, 5.74) is 3.68. The molecule has 26 heavy (non-hydrogen) atoms. The van der Waals surface area contributed by atoms with Crippen molar-refractivity contribution in [3.05, 3.63) is 53.0 Å². The Morgan fingerprint density at radius 1 is 1.19 bits per heavy atom. The Morgan fingerprint density at radius 3 is 2.46 bits per heavy atom. The van der Waals surface area contributed by atoms with E-state index in [1.165, 1.54) is 16.8 Å². The molecule has 2 aromatic rings. The monoisotopic (exact) mass is 470 g/mol. The molecule has 1 aromatic heterocycles. The number of aliphatic imine (C=N–C) groups is 1. The predicted molar refractivity (Wildman–Crippen MR) is 121 cm³/mol. The number of nitrogens with zero attached hydrogens (tertiary/aromatic N) is 2. The highest BCUT2D eigenvalue weighted by Gasteiger charge is 2.11. The second-order valence-corrected chi connectivity index (χ2v) is 6.51. The fourth-order valence-electron chi connectivity index (χ4n) is 2.58. The molecule has 0 saturated carbocycles. The molecule has 0 fully saturated rings. The third-order valence-corrected chi connectivity index (χ3v) is 4.14. The van der Waals surface area contributed by atoms with Crippen molar-refractivity contribution in [3.8, 4) is 0 Å². The fourth-order valence-corrected chi connectivity index (χ4v) is 2.58. The highest BCUT2D eigenvalue weighted by Crippen LogP contribution is 2.18. The maximum atomic E-state index is 5.69.